The van der Waals surface area contributed by atoms with Crippen molar-refractivity contribution in [3.05, 3.63) is 24.3 Å². The maximum absolute atomic E-state index is 9.58. The first-order valence-electron chi connectivity index (χ1n) is 2.67. The van der Waals surface area contributed by atoms with Gasteiger partial charge in [0.1, 0.15) is 6.61 Å². The van der Waals surface area contributed by atoms with Gasteiger partial charge in [0.25, 0.3) is 0 Å². The highest BCUT2D eigenvalue weighted by atomic mass is 16.5. The summed E-state index contributed by atoms with van der Waals surface area (Å²) in [5, 5.41) is 0. The molecule has 10 heavy (non-hydrogen) atoms. The first kappa shape index (κ1) is 6.67. The van der Waals surface area contributed by atoms with Gasteiger partial charge in [0.05, 0.1) is 11.9 Å². The third-order valence-corrected chi connectivity index (χ3v) is 0.896. The van der Waals surface area contributed by atoms with Crippen molar-refractivity contribution in [1.29, 1.82) is 0 Å². The summed E-state index contributed by atoms with van der Waals surface area (Å²) in [7, 11) is 0. The molecule has 0 spiro atoms. The van der Waals surface area contributed by atoms with Crippen LogP contribution in [-0.2, 0) is 16.1 Å². The van der Waals surface area contributed by atoms with Crippen LogP contribution >= 0.6 is 0 Å². The lowest BCUT2D eigenvalue weighted by molar-refractivity contribution is 0.262. The zero-order valence-electron chi connectivity index (χ0n) is 5.15. The van der Waals surface area contributed by atoms with Crippen molar-refractivity contribution in [2.75, 3.05) is 0 Å². The number of hydrogen-bond donors (Lipinski definition) is 0. The summed E-state index contributed by atoms with van der Waals surface area (Å²) in [5.41, 5.74) is 0.617. The molecule has 51 valence electrons. The standard InChI is InChI=1S/C6H5N2O2/c9-5-10-4-6-3-7-1-2-8-6/h1-3H,4H2. The van der Waals surface area contributed by atoms with Crippen LogP contribution in [0.3, 0.4) is 0 Å². The molecule has 0 fully saturated rings. The van der Waals surface area contributed by atoms with Gasteiger partial charge in [-0.15, -0.1) is 0 Å². The SMILES string of the molecule is O=[C]OCc1cnccn1. The minimum absolute atomic E-state index is 0.136. The Morgan fingerprint density at radius 2 is 2.50 bits per heavy atom. The van der Waals surface area contributed by atoms with Crippen LogP contribution in [0.2, 0.25) is 0 Å². The molecule has 1 rings (SSSR count). The van der Waals surface area contributed by atoms with Gasteiger partial charge in [0.15, 0.2) is 0 Å². The molecule has 0 unspecified atom stereocenters. The topological polar surface area (TPSA) is 52.1 Å². The number of aromatic nitrogens is 2. The first-order chi connectivity index (χ1) is 4.93. The number of hydrogen-bond acceptors (Lipinski definition) is 4. The van der Waals surface area contributed by atoms with E-state index in [1.54, 1.807) is 6.20 Å². The highest BCUT2D eigenvalue weighted by Gasteiger charge is 1.90. The fourth-order valence-corrected chi connectivity index (χ4v) is 0.508. The number of nitrogens with zero attached hydrogens (tertiary/aromatic N) is 2. The summed E-state index contributed by atoms with van der Waals surface area (Å²) < 4.78 is 4.31. The molecule has 1 aromatic rings. The minimum Gasteiger partial charge on any atom is -0.451 e. The molecule has 0 aliphatic heterocycles. The molecule has 0 aliphatic rings. The average molecular weight is 137 g/mol. The van der Waals surface area contributed by atoms with Crippen molar-refractivity contribution < 1.29 is 9.53 Å². The van der Waals surface area contributed by atoms with Crippen molar-refractivity contribution in [2.45, 2.75) is 6.61 Å². The highest BCUT2D eigenvalue weighted by Crippen LogP contribution is 1.90. The maximum atomic E-state index is 9.58. The molecule has 0 saturated heterocycles. The quantitative estimate of drug-likeness (QED) is 0.591. The van der Waals surface area contributed by atoms with E-state index < -0.39 is 0 Å². The summed E-state index contributed by atoms with van der Waals surface area (Å²) in [6, 6.07) is 0. The van der Waals surface area contributed by atoms with Crippen molar-refractivity contribution in [3.8, 4) is 0 Å². The van der Waals surface area contributed by atoms with Crippen LogP contribution in [0.25, 0.3) is 0 Å². The van der Waals surface area contributed by atoms with E-state index in [0.29, 0.717) is 5.69 Å². The zero-order chi connectivity index (χ0) is 7.23. The van der Waals surface area contributed by atoms with Crippen LogP contribution < -0.4 is 0 Å². The molecular formula is C6H5N2O2. The molecule has 0 aromatic carbocycles. The molecule has 1 aromatic heterocycles. The van der Waals surface area contributed by atoms with Crippen molar-refractivity contribution in [1.82, 2.24) is 9.97 Å². The summed E-state index contributed by atoms with van der Waals surface area (Å²) in [6.45, 7) is 1.43. The van der Waals surface area contributed by atoms with E-state index in [-0.39, 0.29) is 6.61 Å². The van der Waals surface area contributed by atoms with Gasteiger partial charge in [-0.05, 0) is 0 Å². The van der Waals surface area contributed by atoms with E-state index in [4.69, 9.17) is 0 Å². The molecule has 1 heterocycles. The van der Waals surface area contributed by atoms with Gasteiger partial charge in [0.2, 0.25) is 0 Å². The Bertz CT molecular complexity index is 200. The number of rotatable bonds is 3. The Morgan fingerprint density at radius 3 is 3.10 bits per heavy atom. The van der Waals surface area contributed by atoms with Gasteiger partial charge in [0, 0.05) is 12.4 Å². The van der Waals surface area contributed by atoms with Crippen LogP contribution in [0.15, 0.2) is 18.6 Å². The van der Waals surface area contributed by atoms with Gasteiger partial charge in [-0.2, -0.15) is 0 Å². The van der Waals surface area contributed by atoms with Gasteiger partial charge >= 0.3 is 6.47 Å². The fourth-order valence-electron chi connectivity index (χ4n) is 0.508. The van der Waals surface area contributed by atoms with E-state index in [1.165, 1.54) is 18.9 Å². The summed E-state index contributed by atoms with van der Waals surface area (Å²) in [4.78, 5) is 17.2. The van der Waals surface area contributed by atoms with Gasteiger partial charge in [-0.25, -0.2) is 4.79 Å². The monoisotopic (exact) mass is 137 g/mol. The molecule has 4 nitrogen and oxygen atoms in total. The van der Waals surface area contributed by atoms with E-state index in [1.807, 2.05) is 0 Å². The summed E-state index contributed by atoms with van der Waals surface area (Å²) in [5.74, 6) is 0. The Labute approximate surface area is 57.9 Å². The van der Waals surface area contributed by atoms with E-state index in [2.05, 4.69) is 14.7 Å². The molecule has 4 heteroatoms. The normalized spacial score (nSPS) is 8.80. The molecular weight excluding hydrogens is 132 g/mol. The van der Waals surface area contributed by atoms with Crippen LogP contribution in [0, 0.1) is 0 Å². The smallest absolute Gasteiger partial charge is 0.417 e. The van der Waals surface area contributed by atoms with Gasteiger partial charge in [-0.3, -0.25) is 9.97 Å². The molecule has 0 saturated carbocycles. The Hall–Kier alpha value is -1.45. The Kier molecular flexibility index (Phi) is 2.37. The van der Waals surface area contributed by atoms with E-state index >= 15 is 0 Å². The van der Waals surface area contributed by atoms with Crippen molar-refractivity contribution in [2.24, 2.45) is 0 Å². The largest absolute Gasteiger partial charge is 0.451 e. The highest BCUT2D eigenvalue weighted by molar-refractivity contribution is 5.38. The maximum Gasteiger partial charge on any atom is 0.417 e. The number of ether oxygens (including phenoxy) is 1. The van der Waals surface area contributed by atoms with Crippen LogP contribution in [0.5, 0.6) is 0 Å². The van der Waals surface area contributed by atoms with Crippen molar-refractivity contribution >= 4 is 6.47 Å². The first-order valence-corrected chi connectivity index (χ1v) is 2.67. The van der Waals surface area contributed by atoms with Gasteiger partial charge in [-0.1, -0.05) is 0 Å². The lowest BCUT2D eigenvalue weighted by atomic mass is 10.5. The fraction of sp³-hybridized carbons (Fsp3) is 0.167. The molecule has 0 amide bonds. The Morgan fingerprint density at radius 1 is 1.60 bits per heavy atom. The number of carbonyl (C=O) groups excluding carboxylic acids is 1. The predicted molar refractivity (Wildman–Crippen MR) is 32.5 cm³/mol. The second kappa shape index (κ2) is 3.55. The lowest BCUT2D eigenvalue weighted by Crippen LogP contribution is -1.93. The molecule has 0 aliphatic carbocycles. The molecule has 1 radical (unpaired) electrons. The molecule has 0 bridgehead atoms. The molecule has 0 N–H and O–H groups in total. The van der Waals surface area contributed by atoms with E-state index in [9.17, 15) is 4.79 Å². The second-order valence-electron chi connectivity index (χ2n) is 1.57. The van der Waals surface area contributed by atoms with E-state index in [0.717, 1.165) is 0 Å². The minimum atomic E-state index is 0.136. The predicted octanol–water partition coefficient (Wildman–Crippen LogP) is 0.0604. The lowest BCUT2D eigenvalue weighted by Gasteiger charge is -1.93. The summed E-state index contributed by atoms with van der Waals surface area (Å²) in [6.07, 6.45) is 4.61. The third-order valence-electron chi connectivity index (χ3n) is 0.896. The van der Waals surface area contributed by atoms with Crippen LogP contribution in [-0.4, -0.2) is 16.4 Å². The van der Waals surface area contributed by atoms with Crippen LogP contribution in [0.1, 0.15) is 5.69 Å². The van der Waals surface area contributed by atoms with Crippen molar-refractivity contribution in [3.63, 3.8) is 0 Å². The second-order valence-corrected chi connectivity index (χ2v) is 1.57. The average Bonchev–Trinajstić information content (AvgIpc) is 2.03. The summed E-state index contributed by atoms with van der Waals surface area (Å²) >= 11 is 0. The zero-order valence-corrected chi connectivity index (χ0v) is 5.15. The Balaban J connectivity index is 2.50. The van der Waals surface area contributed by atoms with Gasteiger partial charge < -0.3 is 4.74 Å². The van der Waals surface area contributed by atoms with Crippen LogP contribution in [0.4, 0.5) is 0 Å². The third kappa shape index (κ3) is 1.81. The molecule has 0 atom stereocenters.